The van der Waals surface area contributed by atoms with Crippen molar-refractivity contribution in [1.29, 1.82) is 0 Å². The molecular formula is C18H24BrClN2O5. The smallest absolute Gasteiger partial charge is 0.408 e. The van der Waals surface area contributed by atoms with Crippen LogP contribution >= 0.6 is 27.5 Å². The third-order valence-electron chi connectivity index (χ3n) is 3.11. The highest BCUT2D eigenvalue weighted by Crippen LogP contribution is 2.12. The van der Waals surface area contributed by atoms with Gasteiger partial charge in [0.2, 0.25) is 5.91 Å². The normalized spacial score (nSPS) is 12.0. The van der Waals surface area contributed by atoms with Crippen LogP contribution in [-0.2, 0) is 25.5 Å². The fraction of sp³-hybridized carbons (Fsp3) is 0.500. The molecule has 0 aliphatic heterocycles. The molecule has 1 rings (SSSR count). The van der Waals surface area contributed by atoms with Crippen LogP contribution in [0.2, 0.25) is 5.02 Å². The molecule has 1 aromatic carbocycles. The van der Waals surface area contributed by atoms with Gasteiger partial charge in [0.1, 0.15) is 24.8 Å². The first-order valence-corrected chi connectivity index (χ1v) is 9.84. The zero-order chi connectivity index (χ0) is 20.4. The predicted molar refractivity (Wildman–Crippen MR) is 106 cm³/mol. The molecule has 0 saturated heterocycles. The Kier molecular flexibility index (Phi) is 9.59. The SMILES string of the molecule is CC(C)(C)OC(=O)N[C@H](Cc1ccc(Cl)cc1)C(=O)NCC(=O)OCCBr. The van der Waals surface area contributed by atoms with Crippen molar-refractivity contribution in [2.24, 2.45) is 0 Å². The Hall–Kier alpha value is -1.80. The zero-order valence-electron chi connectivity index (χ0n) is 15.5. The number of rotatable bonds is 8. The molecule has 0 radical (unpaired) electrons. The van der Waals surface area contributed by atoms with Crippen molar-refractivity contribution in [1.82, 2.24) is 10.6 Å². The molecular weight excluding hydrogens is 440 g/mol. The Balaban J connectivity index is 2.76. The minimum atomic E-state index is -0.926. The first-order chi connectivity index (χ1) is 12.6. The van der Waals surface area contributed by atoms with Crippen LogP contribution in [0.3, 0.4) is 0 Å². The molecule has 0 aliphatic carbocycles. The maximum atomic E-state index is 12.5. The van der Waals surface area contributed by atoms with Gasteiger partial charge in [-0.15, -0.1) is 0 Å². The average Bonchev–Trinajstić information content (AvgIpc) is 2.57. The van der Waals surface area contributed by atoms with Gasteiger partial charge >= 0.3 is 12.1 Å². The molecule has 0 spiro atoms. The number of carbonyl (C=O) groups is 3. The van der Waals surface area contributed by atoms with E-state index in [1.54, 1.807) is 45.0 Å². The van der Waals surface area contributed by atoms with E-state index < -0.39 is 29.6 Å². The number of halogens is 2. The van der Waals surface area contributed by atoms with E-state index >= 15 is 0 Å². The lowest BCUT2D eigenvalue weighted by atomic mass is 10.1. The Morgan fingerprint density at radius 2 is 1.81 bits per heavy atom. The van der Waals surface area contributed by atoms with Crippen LogP contribution in [0.5, 0.6) is 0 Å². The summed E-state index contributed by atoms with van der Waals surface area (Å²) in [6, 6.07) is 5.96. The van der Waals surface area contributed by atoms with E-state index in [2.05, 4.69) is 26.6 Å². The number of nitrogens with one attached hydrogen (secondary N) is 2. The van der Waals surface area contributed by atoms with Gasteiger partial charge in [0.05, 0.1) is 0 Å². The van der Waals surface area contributed by atoms with Crippen molar-refractivity contribution in [3.05, 3.63) is 34.9 Å². The van der Waals surface area contributed by atoms with Crippen LogP contribution in [-0.4, -0.2) is 48.1 Å². The second-order valence-corrected chi connectivity index (χ2v) is 7.89. The van der Waals surface area contributed by atoms with E-state index in [9.17, 15) is 14.4 Å². The van der Waals surface area contributed by atoms with Gasteiger partial charge in [-0.25, -0.2) is 4.79 Å². The average molecular weight is 464 g/mol. The Labute approximate surface area is 172 Å². The first kappa shape index (κ1) is 23.2. The second-order valence-electron chi connectivity index (χ2n) is 6.66. The van der Waals surface area contributed by atoms with E-state index in [0.717, 1.165) is 5.56 Å². The number of ether oxygens (including phenoxy) is 2. The minimum absolute atomic E-state index is 0.207. The lowest BCUT2D eigenvalue weighted by Gasteiger charge is -2.23. The third-order valence-corrected chi connectivity index (χ3v) is 3.68. The van der Waals surface area contributed by atoms with Gasteiger partial charge < -0.3 is 20.1 Å². The molecule has 9 heteroatoms. The van der Waals surface area contributed by atoms with Gasteiger partial charge in [0, 0.05) is 16.8 Å². The molecule has 0 aromatic heterocycles. The van der Waals surface area contributed by atoms with Gasteiger partial charge in [0.25, 0.3) is 0 Å². The van der Waals surface area contributed by atoms with Gasteiger partial charge in [-0.05, 0) is 38.5 Å². The second kappa shape index (κ2) is 11.1. The highest BCUT2D eigenvalue weighted by molar-refractivity contribution is 9.09. The van der Waals surface area contributed by atoms with Crippen molar-refractivity contribution in [3.63, 3.8) is 0 Å². The molecule has 2 N–H and O–H groups in total. The molecule has 150 valence electrons. The van der Waals surface area contributed by atoms with Crippen molar-refractivity contribution in [2.75, 3.05) is 18.5 Å². The van der Waals surface area contributed by atoms with Crippen LogP contribution in [0.1, 0.15) is 26.3 Å². The van der Waals surface area contributed by atoms with Crippen molar-refractivity contribution >= 4 is 45.5 Å². The van der Waals surface area contributed by atoms with Gasteiger partial charge in [-0.3, -0.25) is 9.59 Å². The molecule has 7 nitrogen and oxygen atoms in total. The van der Waals surface area contributed by atoms with Crippen LogP contribution in [0, 0.1) is 0 Å². The van der Waals surface area contributed by atoms with Crippen molar-refractivity contribution in [2.45, 2.75) is 38.8 Å². The maximum Gasteiger partial charge on any atom is 0.408 e. The molecule has 0 unspecified atom stereocenters. The highest BCUT2D eigenvalue weighted by Gasteiger charge is 2.25. The van der Waals surface area contributed by atoms with Crippen molar-refractivity contribution in [3.8, 4) is 0 Å². The number of alkyl halides is 1. The summed E-state index contributed by atoms with van der Waals surface area (Å²) in [4.78, 5) is 36.1. The number of alkyl carbamates (subject to hydrolysis) is 1. The molecule has 27 heavy (non-hydrogen) atoms. The summed E-state index contributed by atoms with van der Waals surface area (Å²) < 4.78 is 10.1. The standard InChI is InChI=1S/C18H24BrClN2O5/c1-18(2,3)27-17(25)22-14(10-12-4-6-13(20)7-5-12)16(24)21-11-15(23)26-9-8-19/h4-7,14H,8-11H2,1-3H3,(H,21,24)(H,22,25)/t14-/m1/s1. The molecule has 0 aliphatic rings. The van der Waals surface area contributed by atoms with E-state index in [4.69, 9.17) is 21.1 Å². The van der Waals surface area contributed by atoms with Crippen LogP contribution in [0.15, 0.2) is 24.3 Å². The monoisotopic (exact) mass is 462 g/mol. The molecule has 0 bridgehead atoms. The summed E-state index contributed by atoms with van der Waals surface area (Å²) in [5.41, 5.74) is 0.0858. The topological polar surface area (TPSA) is 93.7 Å². The Morgan fingerprint density at radius 1 is 1.19 bits per heavy atom. The van der Waals surface area contributed by atoms with Gasteiger partial charge in [-0.1, -0.05) is 39.7 Å². The first-order valence-electron chi connectivity index (χ1n) is 8.34. The van der Waals surface area contributed by atoms with Crippen LogP contribution in [0.25, 0.3) is 0 Å². The van der Waals surface area contributed by atoms with E-state index in [1.807, 2.05) is 0 Å². The van der Waals surface area contributed by atoms with Gasteiger partial charge in [-0.2, -0.15) is 0 Å². The summed E-state index contributed by atoms with van der Waals surface area (Å²) in [5.74, 6) is -1.09. The fourth-order valence-corrected chi connectivity index (χ4v) is 2.29. The molecule has 2 amide bonds. The molecule has 1 aromatic rings. The zero-order valence-corrected chi connectivity index (χ0v) is 17.9. The minimum Gasteiger partial charge on any atom is -0.463 e. The largest absolute Gasteiger partial charge is 0.463 e. The van der Waals surface area contributed by atoms with Gasteiger partial charge in [0.15, 0.2) is 0 Å². The summed E-state index contributed by atoms with van der Waals surface area (Å²) in [7, 11) is 0. The molecule has 0 fully saturated rings. The Bertz CT molecular complexity index is 646. The van der Waals surface area contributed by atoms with E-state index in [0.29, 0.717) is 10.4 Å². The fourth-order valence-electron chi connectivity index (χ4n) is 2.00. The van der Waals surface area contributed by atoms with E-state index in [1.165, 1.54) is 0 Å². The Morgan fingerprint density at radius 3 is 2.37 bits per heavy atom. The third kappa shape index (κ3) is 10.2. The number of benzene rings is 1. The molecule has 0 saturated carbocycles. The summed E-state index contributed by atoms with van der Waals surface area (Å²) >= 11 is 9.01. The van der Waals surface area contributed by atoms with Crippen molar-refractivity contribution < 1.29 is 23.9 Å². The summed E-state index contributed by atoms with van der Waals surface area (Å²) in [6.07, 6.45) is -0.517. The quantitative estimate of drug-likeness (QED) is 0.457. The highest BCUT2D eigenvalue weighted by atomic mass is 79.9. The van der Waals surface area contributed by atoms with E-state index in [-0.39, 0.29) is 19.6 Å². The number of esters is 1. The predicted octanol–water partition coefficient (Wildman–Crippen LogP) is 2.83. The maximum absolute atomic E-state index is 12.5. The summed E-state index contributed by atoms with van der Waals surface area (Å²) in [5, 5.41) is 6.07. The lowest BCUT2D eigenvalue weighted by Crippen LogP contribution is -2.50. The molecule has 0 heterocycles. The number of hydrogen-bond donors (Lipinski definition) is 2. The lowest BCUT2D eigenvalue weighted by molar-refractivity contribution is -0.143. The van der Waals surface area contributed by atoms with Crippen LogP contribution in [0.4, 0.5) is 4.79 Å². The number of hydrogen-bond acceptors (Lipinski definition) is 5. The number of carbonyl (C=O) groups excluding carboxylic acids is 3. The number of amides is 2. The molecule has 1 atom stereocenters. The van der Waals surface area contributed by atoms with Crippen LogP contribution < -0.4 is 10.6 Å². The summed E-state index contributed by atoms with van der Waals surface area (Å²) in [6.45, 7) is 5.08.